The lowest BCUT2D eigenvalue weighted by atomic mass is 10.0. The molecule has 0 N–H and O–H groups in total. The average Bonchev–Trinajstić information content (AvgIpc) is 2.96. The van der Waals surface area contributed by atoms with Crippen LogP contribution in [0.3, 0.4) is 0 Å². The van der Waals surface area contributed by atoms with E-state index in [-0.39, 0.29) is 4.96 Å². The minimum Gasteiger partial charge on any atom is -0.178 e. The summed E-state index contributed by atoms with van der Waals surface area (Å²) in [7, 11) is 0. The molecule has 2 heterocycles. The molecule has 3 aromatic rings. The van der Waals surface area contributed by atoms with E-state index < -0.39 is 12.0 Å². The van der Waals surface area contributed by atoms with Crippen LogP contribution in [0.4, 0.5) is 13.2 Å². The van der Waals surface area contributed by atoms with E-state index in [0.29, 0.717) is 10.9 Å². The van der Waals surface area contributed by atoms with Crippen LogP contribution in [0.15, 0.2) is 24.3 Å². The van der Waals surface area contributed by atoms with Crippen molar-refractivity contribution in [1.29, 1.82) is 0 Å². The van der Waals surface area contributed by atoms with Crippen molar-refractivity contribution in [2.45, 2.75) is 25.9 Å². The molecule has 21 heavy (non-hydrogen) atoms. The summed E-state index contributed by atoms with van der Waals surface area (Å²) in [5.41, 5.74) is 1.93. The van der Waals surface area contributed by atoms with Gasteiger partial charge in [-0.05, 0) is 11.5 Å². The van der Waals surface area contributed by atoms with Gasteiger partial charge < -0.3 is 0 Å². The second kappa shape index (κ2) is 4.80. The summed E-state index contributed by atoms with van der Waals surface area (Å²) in [4.78, 5) is 0.130. The quantitative estimate of drug-likeness (QED) is 0.718. The van der Waals surface area contributed by atoms with Crippen molar-refractivity contribution < 1.29 is 13.2 Å². The lowest BCUT2D eigenvalue weighted by Gasteiger charge is -2.05. The summed E-state index contributed by atoms with van der Waals surface area (Å²) in [6.45, 7) is 4.15. The van der Waals surface area contributed by atoms with Crippen LogP contribution >= 0.6 is 11.3 Å². The van der Waals surface area contributed by atoms with Crippen molar-refractivity contribution in [3.8, 4) is 10.6 Å². The Morgan fingerprint density at radius 1 is 1.10 bits per heavy atom. The summed E-state index contributed by atoms with van der Waals surface area (Å²) in [6, 6.07) is 7.61. The minimum absolute atomic E-state index is 0.130. The average molecular weight is 312 g/mol. The number of fused-ring (bicyclic) bond motifs is 1. The van der Waals surface area contributed by atoms with Crippen molar-refractivity contribution in [3.63, 3.8) is 0 Å². The van der Waals surface area contributed by atoms with Crippen molar-refractivity contribution in [2.24, 2.45) is 0 Å². The van der Waals surface area contributed by atoms with Crippen molar-refractivity contribution in [2.75, 3.05) is 0 Å². The summed E-state index contributed by atoms with van der Waals surface area (Å²) < 4.78 is 39.0. The predicted octanol–water partition coefficient (Wildman–Crippen LogP) is 4.00. The van der Waals surface area contributed by atoms with Gasteiger partial charge >= 0.3 is 6.18 Å². The molecule has 0 amide bonds. The first kappa shape index (κ1) is 14.0. The fraction of sp³-hybridized carbons (Fsp3) is 0.308. The van der Waals surface area contributed by atoms with Crippen LogP contribution in [0.2, 0.25) is 0 Å². The van der Waals surface area contributed by atoms with E-state index in [0.717, 1.165) is 27.0 Å². The lowest BCUT2D eigenvalue weighted by Crippen LogP contribution is -2.11. The Bertz CT molecular complexity index is 771. The van der Waals surface area contributed by atoms with E-state index in [2.05, 4.69) is 29.1 Å². The first-order valence-electron chi connectivity index (χ1n) is 6.26. The molecule has 2 aromatic heterocycles. The molecule has 0 bridgehead atoms. The molecule has 0 fully saturated rings. The van der Waals surface area contributed by atoms with Gasteiger partial charge in [0.1, 0.15) is 5.01 Å². The van der Waals surface area contributed by atoms with Gasteiger partial charge in [0.2, 0.25) is 4.96 Å². The highest BCUT2D eigenvalue weighted by Crippen LogP contribution is 2.32. The van der Waals surface area contributed by atoms with Gasteiger partial charge in [0.25, 0.3) is 5.82 Å². The Morgan fingerprint density at radius 3 is 2.33 bits per heavy atom. The van der Waals surface area contributed by atoms with Crippen molar-refractivity contribution >= 4 is 16.3 Å². The Morgan fingerprint density at radius 2 is 1.76 bits per heavy atom. The normalized spacial score (nSPS) is 12.5. The Balaban J connectivity index is 2.03. The third-order valence-corrected chi connectivity index (χ3v) is 4.02. The number of hydrogen-bond acceptors (Lipinski definition) is 4. The summed E-state index contributed by atoms with van der Waals surface area (Å²) in [6.07, 6.45) is -4.56. The monoisotopic (exact) mass is 312 g/mol. The Labute approximate surface area is 122 Å². The molecule has 8 heteroatoms. The van der Waals surface area contributed by atoms with Gasteiger partial charge in [0.15, 0.2) is 0 Å². The third kappa shape index (κ3) is 2.51. The van der Waals surface area contributed by atoms with Crippen LogP contribution in [0.25, 0.3) is 15.5 Å². The van der Waals surface area contributed by atoms with Crippen LogP contribution in [-0.2, 0) is 6.18 Å². The number of alkyl halides is 3. The van der Waals surface area contributed by atoms with Crippen LogP contribution in [0, 0.1) is 0 Å². The highest BCUT2D eigenvalue weighted by molar-refractivity contribution is 7.19. The molecular formula is C13H11F3N4S. The molecule has 0 aliphatic rings. The van der Waals surface area contributed by atoms with E-state index in [1.165, 1.54) is 0 Å². The summed E-state index contributed by atoms with van der Waals surface area (Å²) >= 11 is 1.08. The highest BCUT2D eigenvalue weighted by atomic mass is 32.1. The molecular weight excluding hydrogens is 301 g/mol. The minimum atomic E-state index is -4.56. The highest BCUT2D eigenvalue weighted by Gasteiger charge is 2.38. The molecule has 0 spiro atoms. The molecule has 3 rings (SSSR count). The van der Waals surface area contributed by atoms with Crippen molar-refractivity contribution in [3.05, 3.63) is 35.7 Å². The van der Waals surface area contributed by atoms with Gasteiger partial charge in [-0.3, -0.25) is 0 Å². The molecule has 0 aliphatic carbocycles. The Hall–Kier alpha value is -1.96. The molecule has 0 aliphatic heterocycles. The topological polar surface area (TPSA) is 43.1 Å². The van der Waals surface area contributed by atoms with E-state index in [1.54, 1.807) is 0 Å². The van der Waals surface area contributed by atoms with E-state index in [1.807, 2.05) is 24.3 Å². The first-order chi connectivity index (χ1) is 9.86. The SMILES string of the molecule is CC(C)c1ccc(-c2nn3c(C(F)(F)F)nnc3s2)cc1. The molecule has 110 valence electrons. The van der Waals surface area contributed by atoms with Crippen LogP contribution < -0.4 is 0 Å². The number of hydrogen-bond donors (Lipinski definition) is 0. The largest absolute Gasteiger partial charge is 0.453 e. The molecule has 1 aromatic carbocycles. The number of nitrogens with zero attached hydrogens (tertiary/aromatic N) is 4. The molecule has 0 atom stereocenters. The fourth-order valence-corrected chi connectivity index (χ4v) is 2.77. The van der Waals surface area contributed by atoms with Gasteiger partial charge in [-0.25, -0.2) is 0 Å². The fourth-order valence-electron chi connectivity index (χ4n) is 1.92. The second-order valence-electron chi connectivity index (χ2n) is 4.90. The van der Waals surface area contributed by atoms with Crippen molar-refractivity contribution in [1.82, 2.24) is 19.8 Å². The second-order valence-corrected chi connectivity index (χ2v) is 5.86. The maximum atomic E-state index is 12.7. The maximum absolute atomic E-state index is 12.7. The number of halogens is 3. The standard InChI is InChI=1S/C13H11F3N4S/c1-7(2)8-3-5-9(6-4-8)10-19-20-11(13(14,15)16)17-18-12(20)21-10/h3-7H,1-2H3. The summed E-state index contributed by atoms with van der Waals surface area (Å²) in [5, 5.41) is 11.1. The molecule has 0 saturated heterocycles. The zero-order valence-electron chi connectivity index (χ0n) is 11.2. The van der Waals surface area contributed by atoms with E-state index >= 15 is 0 Å². The van der Waals surface area contributed by atoms with Gasteiger partial charge in [-0.1, -0.05) is 49.4 Å². The van der Waals surface area contributed by atoms with Crippen LogP contribution in [0.5, 0.6) is 0 Å². The van der Waals surface area contributed by atoms with Crippen LogP contribution in [-0.4, -0.2) is 19.8 Å². The molecule has 4 nitrogen and oxygen atoms in total. The van der Waals surface area contributed by atoms with Gasteiger partial charge in [0, 0.05) is 5.56 Å². The van der Waals surface area contributed by atoms with Gasteiger partial charge in [-0.15, -0.1) is 10.2 Å². The smallest absolute Gasteiger partial charge is 0.178 e. The van der Waals surface area contributed by atoms with E-state index in [9.17, 15) is 13.2 Å². The zero-order chi connectivity index (χ0) is 15.2. The number of benzene rings is 1. The van der Waals surface area contributed by atoms with E-state index in [4.69, 9.17) is 0 Å². The summed E-state index contributed by atoms with van der Waals surface area (Å²) in [5.74, 6) is -0.701. The number of rotatable bonds is 2. The molecule has 0 saturated carbocycles. The number of aromatic nitrogens is 4. The van der Waals surface area contributed by atoms with Gasteiger partial charge in [-0.2, -0.15) is 22.8 Å². The predicted molar refractivity (Wildman–Crippen MR) is 73.2 cm³/mol. The first-order valence-corrected chi connectivity index (χ1v) is 7.07. The maximum Gasteiger partial charge on any atom is 0.453 e. The van der Waals surface area contributed by atoms with Crippen LogP contribution in [0.1, 0.15) is 31.2 Å². The Kier molecular flexibility index (Phi) is 3.20. The molecule has 0 unspecified atom stereocenters. The third-order valence-electron chi connectivity index (χ3n) is 3.07. The molecule has 0 radical (unpaired) electrons. The zero-order valence-corrected chi connectivity index (χ0v) is 12.0. The lowest BCUT2D eigenvalue weighted by molar-refractivity contribution is -0.146. The van der Waals surface area contributed by atoms with Gasteiger partial charge in [0.05, 0.1) is 0 Å².